The number of halogens is 1. The Hall–Kier alpha value is -2.51. The number of benzene rings is 4. The fourth-order valence-corrected chi connectivity index (χ4v) is 9.77. The second kappa shape index (κ2) is 16.5. The predicted octanol–water partition coefficient (Wildman–Crippen LogP) is 5.62. The van der Waals surface area contributed by atoms with E-state index >= 15 is 0 Å². The average molecular weight is 588 g/mol. The molecule has 3 heteroatoms. The Labute approximate surface area is 241 Å². The summed E-state index contributed by atoms with van der Waals surface area (Å²) in [6, 6.07) is 44.0. The maximum Gasteiger partial charge on any atom is 0.206 e. The molecule has 0 spiro atoms. The van der Waals surface area contributed by atoms with Crippen LogP contribution in [-0.4, -0.2) is 6.61 Å². The zero-order valence-electron chi connectivity index (χ0n) is 22.3. The molecule has 0 heterocycles. The Morgan fingerprint density at radius 1 is 0.553 bits per heavy atom. The zero-order valence-corrected chi connectivity index (χ0v) is 24.8. The summed E-state index contributed by atoms with van der Waals surface area (Å²) in [6.45, 7) is 4.60. The first-order chi connectivity index (χ1) is 18.4. The summed E-state index contributed by atoms with van der Waals surface area (Å²) in [4.78, 5) is 0. The number of ether oxygens (including phenoxy) is 1. The maximum atomic E-state index is 7.04. The summed E-state index contributed by atoms with van der Waals surface area (Å²) in [5.41, 5.74) is 1.25. The first kappa shape index (κ1) is 30.0. The number of unbranched alkanes of at least 4 members (excludes halogenated alkanes) is 6. The van der Waals surface area contributed by atoms with Gasteiger partial charge in [0.05, 0.1) is 6.61 Å². The van der Waals surface area contributed by atoms with Crippen LogP contribution < -0.4 is 32.9 Å². The van der Waals surface area contributed by atoms with Crippen LogP contribution in [0.1, 0.15) is 56.4 Å². The van der Waals surface area contributed by atoms with Crippen molar-refractivity contribution in [2.45, 2.75) is 50.8 Å². The van der Waals surface area contributed by atoms with Crippen LogP contribution in [-0.2, 0) is 4.74 Å². The lowest BCUT2D eigenvalue weighted by Crippen LogP contribution is -3.00. The molecule has 1 unspecified atom stereocenters. The van der Waals surface area contributed by atoms with Gasteiger partial charge in [0.1, 0.15) is 23.2 Å². The standard InChI is InChI=1S/C35H40OP.BrH/c1-2-3-4-5-6-7-8-21-30-36-35(31-22-13-9-14-23-31)37(32-24-15-10-16-25-32,33-26-17-11-18-27-33)34-28-19-12-20-29-34;/h2,9-20,22-29,35H,1,3-8,21,30H2;1H/q+1;/p-1. The second-order valence-electron chi connectivity index (χ2n) is 9.56. The largest absolute Gasteiger partial charge is 1.00 e. The molecule has 0 aliphatic rings. The van der Waals surface area contributed by atoms with Crippen LogP contribution in [0, 0.1) is 0 Å². The lowest BCUT2D eigenvalue weighted by Gasteiger charge is -2.34. The van der Waals surface area contributed by atoms with E-state index in [1.807, 2.05) is 6.08 Å². The Balaban J connectivity index is 0.00000400. The van der Waals surface area contributed by atoms with Crippen molar-refractivity contribution >= 4 is 23.2 Å². The molecule has 0 aromatic heterocycles. The molecule has 0 amide bonds. The second-order valence-corrected chi connectivity index (χ2v) is 13.0. The Kier molecular flexibility index (Phi) is 13.0. The maximum absolute atomic E-state index is 7.04. The highest BCUT2D eigenvalue weighted by molar-refractivity contribution is 7.95. The predicted molar refractivity (Wildman–Crippen MR) is 163 cm³/mol. The molecular formula is C35H40BrOP. The molecule has 1 nitrogen and oxygen atoms in total. The van der Waals surface area contributed by atoms with Crippen LogP contribution in [0.15, 0.2) is 134 Å². The lowest BCUT2D eigenvalue weighted by molar-refractivity contribution is -0.00000802. The van der Waals surface area contributed by atoms with Gasteiger partial charge in [-0.2, -0.15) is 0 Å². The number of allylic oxidation sites excluding steroid dienone is 1. The fourth-order valence-electron chi connectivity index (χ4n) is 5.18. The van der Waals surface area contributed by atoms with E-state index in [9.17, 15) is 0 Å². The van der Waals surface area contributed by atoms with Crippen molar-refractivity contribution in [2.75, 3.05) is 6.61 Å². The highest BCUT2D eigenvalue weighted by atomic mass is 79.9. The summed E-state index contributed by atoms with van der Waals surface area (Å²) in [6.07, 6.45) is 10.6. The Bertz CT molecular complexity index is 1070. The van der Waals surface area contributed by atoms with Crippen molar-refractivity contribution in [3.8, 4) is 0 Å². The fraction of sp³-hybridized carbons (Fsp3) is 0.257. The third kappa shape index (κ3) is 7.54. The molecule has 0 aliphatic heterocycles. The Morgan fingerprint density at radius 2 is 0.947 bits per heavy atom. The van der Waals surface area contributed by atoms with Gasteiger partial charge in [0.15, 0.2) is 0 Å². The van der Waals surface area contributed by atoms with E-state index in [2.05, 4.69) is 128 Å². The van der Waals surface area contributed by atoms with Gasteiger partial charge in [0, 0.05) is 5.56 Å². The summed E-state index contributed by atoms with van der Waals surface area (Å²) in [7, 11) is -2.19. The molecule has 4 rings (SSSR count). The normalized spacial score (nSPS) is 11.9. The molecule has 4 aromatic carbocycles. The van der Waals surface area contributed by atoms with Gasteiger partial charge in [-0.1, -0.05) is 117 Å². The van der Waals surface area contributed by atoms with E-state index in [-0.39, 0.29) is 22.8 Å². The molecular weight excluding hydrogens is 547 g/mol. The van der Waals surface area contributed by atoms with Crippen molar-refractivity contribution in [3.63, 3.8) is 0 Å². The van der Waals surface area contributed by atoms with Crippen LogP contribution in [0.5, 0.6) is 0 Å². The number of rotatable bonds is 15. The zero-order chi connectivity index (χ0) is 25.6. The van der Waals surface area contributed by atoms with Crippen LogP contribution in [0.2, 0.25) is 0 Å². The van der Waals surface area contributed by atoms with Crippen LogP contribution >= 0.6 is 7.26 Å². The van der Waals surface area contributed by atoms with E-state index in [1.165, 1.54) is 53.6 Å². The molecule has 0 N–H and O–H groups in total. The molecule has 0 bridgehead atoms. The van der Waals surface area contributed by atoms with Gasteiger partial charge in [-0.15, -0.1) is 6.58 Å². The van der Waals surface area contributed by atoms with E-state index in [0.717, 1.165) is 19.4 Å². The van der Waals surface area contributed by atoms with Crippen LogP contribution in [0.3, 0.4) is 0 Å². The minimum atomic E-state index is -2.19. The van der Waals surface area contributed by atoms with Gasteiger partial charge >= 0.3 is 0 Å². The summed E-state index contributed by atoms with van der Waals surface area (Å²) in [5, 5.41) is 4.05. The van der Waals surface area contributed by atoms with Crippen molar-refractivity contribution in [3.05, 3.63) is 140 Å². The van der Waals surface area contributed by atoms with Crippen LogP contribution in [0.4, 0.5) is 0 Å². The van der Waals surface area contributed by atoms with Gasteiger partial charge in [0.25, 0.3) is 0 Å². The first-order valence-electron chi connectivity index (χ1n) is 13.7. The van der Waals surface area contributed by atoms with E-state index in [0.29, 0.717) is 0 Å². The van der Waals surface area contributed by atoms with Gasteiger partial charge < -0.3 is 21.7 Å². The quantitative estimate of drug-likeness (QED) is 0.0998. The van der Waals surface area contributed by atoms with Crippen molar-refractivity contribution in [1.82, 2.24) is 0 Å². The van der Waals surface area contributed by atoms with E-state index < -0.39 is 7.26 Å². The highest BCUT2D eigenvalue weighted by Crippen LogP contribution is 2.67. The van der Waals surface area contributed by atoms with Crippen molar-refractivity contribution in [2.24, 2.45) is 0 Å². The number of hydrogen-bond acceptors (Lipinski definition) is 1. The molecule has 0 fully saturated rings. The average Bonchev–Trinajstić information content (AvgIpc) is 2.98. The molecule has 1 atom stereocenters. The minimum Gasteiger partial charge on any atom is -1.00 e. The van der Waals surface area contributed by atoms with Gasteiger partial charge in [-0.05, 0) is 55.7 Å². The first-order valence-corrected chi connectivity index (χ1v) is 15.6. The SMILES string of the molecule is C=CCCCCCCCCOC(c1ccccc1)[P+](c1ccccc1)(c1ccccc1)c1ccccc1.[Br-]. The van der Waals surface area contributed by atoms with Gasteiger partial charge in [-0.3, -0.25) is 0 Å². The van der Waals surface area contributed by atoms with Crippen molar-refractivity contribution in [1.29, 1.82) is 0 Å². The molecule has 198 valence electrons. The Morgan fingerprint density at radius 3 is 1.39 bits per heavy atom. The van der Waals surface area contributed by atoms with E-state index in [4.69, 9.17) is 4.74 Å². The lowest BCUT2D eigenvalue weighted by atomic mass is 10.1. The molecule has 38 heavy (non-hydrogen) atoms. The van der Waals surface area contributed by atoms with Gasteiger partial charge in [-0.25, -0.2) is 0 Å². The van der Waals surface area contributed by atoms with Crippen LogP contribution in [0.25, 0.3) is 0 Å². The monoisotopic (exact) mass is 586 g/mol. The molecule has 0 radical (unpaired) electrons. The molecule has 4 aromatic rings. The summed E-state index contributed by atoms with van der Waals surface area (Å²) in [5.74, 6) is -0.0616. The molecule has 0 saturated heterocycles. The highest BCUT2D eigenvalue weighted by Gasteiger charge is 2.54. The third-order valence-electron chi connectivity index (χ3n) is 7.01. The van der Waals surface area contributed by atoms with Gasteiger partial charge in [0.2, 0.25) is 5.85 Å². The smallest absolute Gasteiger partial charge is 0.206 e. The van der Waals surface area contributed by atoms with Crippen molar-refractivity contribution < 1.29 is 21.7 Å². The molecule has 0 aliphatic carbocycles. The minimum absolute atomic E-state index is 0. The summed E-state index contributed by atoms with van der Waals surface area (Å²) >= 11 is 0. The van der Waals surface area contributed by atoms with E-state index in [1.54, 1.807) is 0 Å². The molecule has 0 saturated carbocycles. The third-order valence-corrected chi connectivity index (χ3v) is 11.5. The topological polar surface area (TPSA) is 9.23 Å². The number of hydrogen-bond donors (Lipinski definition) is 0. The summed E-state index contributed by atoms with van der Waals surface area (Å²) < 4.78 is 7.04.